The summed E-state index contributed by atoms with van der Waals surface area (Å²) in [5, 5.41) is 7.87. The van der Waals surface area contributed by atoms with Gasteiger partial charge in [-0.05, 0) is 61.1 Å². The molecular weight excluding hydrogens is 290 g/mol. The molecule has 0 radical (unpaired) electrons. The maximum absolute atomic E-state index is 5.93. The third kappa shape index (κ3) is 2.40. The highest BCUT2D eigenvalue weighted by molar-refractivity contribution is 7.71. The van der Waals surface area contributed by atoms with Crippen molar-refractivity contribution in [3.63, 3.8) is 0 Å². The van der Waals surface area contributed by atoms with Crippen LogP contribution in [0.15, 0.2) is 48.5 Å². The van der Waals surface area contributed by atoms with Gasteiger partial charge in [0.25, 0.3) is 0 Å². The van der Waals surface area contributed by atoms with Gasteiger partial charge in [-0.1, -0.05) is 23.7 Å². The lowest BCUT2D eigenvalue weighted by Crippen LogP contribution is -1.98. The summed E-state index contributed by atoms with van der Waals surface area (Å²) in [5.74, 6) is 0.775. The van der Waals surface area contributed by atoms with Crippen molar-refractivity contribution in [1.82, 2.24) is 14.8 Å². The Morgan fingerprint density at radius 3 is 2.60 bits per heavy atom. The molecule has 0 aliphatic rings. The maximum Gasteiger partial charge on any atom is 0.200 e. The third-order valence-corrected chi connectivity index (χ3v) is 3.56. The molecule has 0 atom stereocenters. The van der Waals surface area contributed by atoms with Crippen molar-refractivity contribution < 1.29 is 0 Å². The molecule has 20 heavy (non-hydrogen) atoms. The summed E-state index contributed by atoms with van der Waals surface area (Å²) in [7, 11) is 0. The molecule has 3 rings (SSSR count). The highest BCUT2D eigenvalue weighted by Crippen LogP contribution is 2.23. The minimum atomic E-state index is 0.570. The molecule has 0 saturated heterocycles. The number of hydrogen-bond acceptors (Lipinski definition) is 2. The lowest BCUT2D eigenvalue weighted by atomic mass is 10.2. The summed E-state index contributed by atoms with van der Waals surface area (Å²) < 4.78 is 2.49. The van der Waals surface area contributed by atoms with Gasteiger partial charge in [-0.2, -0.15) is 5.10 Å². The van der Waals surface area contributed by atoms with Crippen LogP contribution in [0.3, 0.4) is 0 Å². The van der Waals surface area contributed by atoms with Crippen LogP contribution in [0.4, 0.5) is 0 Å². The average Bonchev–Trinajstić information content (AvgIpc) is 2.81. The predicted molar refractivity (Wildman–Crippen MR) is 83.9 cm³/mol. The van der Waals surface area contributed by atoms with E-state index in [1.165, 1.54) is 5.56 Å². The molecule has 0 aliphatic heterocycles. The molecule has 0 fully saturated rings. The maximum atomic E-state index is 5.93. The monoisotopic (exact) mass is 301 g/mol. The second-order valence-corrected chi connectivity index (χ2v) is 5.36. The van der Waals surface area contributed by atoms with Gasteiger partial charge in [0.05, 0.1) is 5.69 Å². The Labute approximate surface area is 126 Å². The topological polar surface area (TPSA) is 33.6 Å². The van der Waals surface area contributed by atoms with Gasteiger partial charge in [-0.25, -0.2) is 0 Å². The summed E-state index contributed by atoms with van der Waals surface area (Å²) in [6.07, 6.45) is 0. The van der Waals surface area contributed by atoms with Crippen LogP contribution in [0.2, 0.25) is 5.02 Å². The van der Waals surface area contributed by atoms with Gasteiger partial charge in [0.2, 0.25) is 0 Å². The van der Waals surface area contributed by atoms with Gasteiger partial charge in [-0.15, -0.1) is 0 Å². The second-order valence-electron chi connectivity index (χ2n) is 4.53. The summed E-state index contributed by atoms with van der Waals surface area (Å²) >= 11 is 11.3. The van der Waals surface area contributed by atoms with Gasteiger partial charge in [0.1, 0.15) is 0 Å². The Morgan fingerprint density at radius 2 is 1.90 bits per heavy atom. The predicted octanol–water partition coefficient (Wildman–Crippen LogP) is 4.56. The molecule has 0 unspecified atom stereocenters. The van der Waals surface area contributed by atoms with E-state index in [9.17, 15) is 0 Å². The van der Waals surface area contributed by atoms with Crippen molar-refractivity contribution >= 4 is 23.8 Å². The Bertz CT molecular complexity index is 802. The minimum Gasteiger partial charge on any atom is -0.268 e. The van der Waals surface area contributed by atoms with Crippen LogP contribution >= 0.6 is 23.8 Å². The Morgan fingerprint density at radius 1 is 1.15 bits per heavy atom. The van der Waals surface area contributed by atoms with Gasteiger partial charge < -0.3 is 0 Å². The molecule has 1 N–H and O–H groups in total. The number of benzene rings is 2. The minimum absolute atomic E-state index is 0.570. The van der Waals surface area contributed by atoms with Crippen LogP contribution < -0.4 is 0 Å². The lowest BCUT2D eigenvalue weighted by molar-refractivity contribution is 1.03. The second kappa shape index (κ2) is 5.23. The molecule has 0 spiro atoms. The van der Waals surface area contributed by atoms with Gasteiger partial charge in [0, 0.05) is 10.6 Å². The number of rotatable bonds is 2. The lowest BCUT2D eigenvalue weighted by Gasteiger charge is -2.07. The highest BCUT2D eigenvalue weighted by atomic mass is 35.5. The molecule has 0 amide bonds. The molecule has 100 valence electrons. The van der Waals surface area contributed by atoms with Crippen molar-refractivity contribution in [2.75, 3.05) is 0 Å². The number of halogens is 1. The first-order valence-electron chi connectivity index (χ1n) is 6.15. The number of H-pyrrole nitrogens is 1. The van der Waals surface area contributed by atoms with Crippen LogP contribution in [-0.2, 0) is 0 Å². The standard InChI is InChI=1S/C15H12ClN3S/c1-10-3-2-4-13(9-10)19-14(17-18-15(19)20)11-5-7-12(16)8-6-11/h2-9H,1H3,(H,18,20). The fourth-order valence-electron chi connectivity index (χ4n) is 2.10. The molecule has 0 bridgehead atoms. The number of aromatic nitrogens is 3. The Kier molecular flexibility index (Phi) is 3.42. The molecule has 1 aromatic heterocycles. The van der Waals surface area contributed by atoms with E-state index in [2.05, 4.69) is 29.3 Å². The number of aryl methyl sites for hydroxylation is 1. The zero-order chi connectivity index (χ0) is 14.1. The van der Waals surface area contributed by atoms with Crippen molar-refractivity contribution in [1.29, 1.82) is 0 Å². The first-order valence-corrected chi connectivity index (χ1v) is 6.94. The Hall–Kier alpha value is -1.91. The van der Waals surface area contributed by atoms with E-state index >= 15 is 0 Å². The van der Waals surface area contributed by atoms with E-state index in [1.54, 1.807) is 0 Å². The smallest absolute Gasteiger partial charge is 0.200 e. The number of nitrogens with one attached hydrogen (secondary N) is 1. The van der Waals surface area contributed by atoms with Gasteiger partial charge >= 0.3 is 0 Å². The number of hydrogen-bond donors (Lipinski definition) is 1. The van der Waals surface area contributed by atoms with Crippen molar-refractivity contribution in [2.24, 2.45) is 0 Å². The van der Waals surface area contributed by atoms with Crippen LogP contribution in [0.5, 0.6) is 0 Å². The quantitative estimate of drug-likeness (QED) is 0.704. The van der Waals surface area contributed by atoms with Crippen LogP contribution in [0, 0.1) is 11.7 Å². The molecule has 1 heterocycles. The summed E-state index contributed by atoms with van der Waals surface area (Å²) in [6, 6.07) is 15.7. The van der Waals surface area contributed by atoms with Crippen LogP contribution in [0.1, 0.15) is 5.56 Å². The van der Waals surface area contributed by atoms with E-state index in [0.29, 0.717) is 9.79 Å². The molecule has 0 saturated carbocycles. The van der Waals surface area contributed by atoms with E-state index in [-0.39, 0.29) is 0 Å². The van der Waals surface area contributed by atoms with E-state index in [1.807, 2.05) is 41.0 Å². The SMILES string of the molecule is Cc1cccc(-n2c(-c3ccc(Cl)cc3)n[nH]c2=S)c1. The molecule has 3 nitrogen and oxygen atoms in total. The van der Waals surface area contributed by atoms with E-state index in [0.717, 1.165) is 17.1 Å². The highest BCUT2D eigenvalue weighted by Gasteiger charge is 2.10. The molecule has 0 aliphatic carbocycles. The number of nitrogens with zero attached hydrogens (tertiary/aromatic N) is 2. The first-order chi connectivity index (χ1) is 9.65. The largest absolute Gasteiger partial charge is 0.268 e. The zero-order valence-corrected chi connectivity index (χ0v) is 12.4. The van der Waals surface area contributed by atoms with E-state index in [4.69, 9.17) is 23.8 Å². The molecule has 2 aromatic carbocycles. The molecular formula is C15H12ClN3S. The van der Waals surface area contributed by atoms with Crippen molar-refractivity contribution in [2.45, 2.75) is 6.92 Å². The molecule has 3 aromatic rings. The molecule has 5 heteroatoms. The fraction of sp³-hybridized carbons (Fsp3) is 0.0667. The van der Waals surface area contributed by atoms with Crippen LogP contribution in [-0.4, -0.2) is 14.8 Å². The summed E-state index contributed by atoms with van der Waals surface area (Å²) in [6.45, 7) is 2.05. The van der Waals surface area contributed by atoms with Crippen LogP contribution in [0.25, 0.3) is 17.1 Å². The average molecular weight is 302 g/mol. The van der Waals surface area contributed by atoms with Gasteiger partial charge in [-0.3, -0.25) is 9.67 Å². The zero-order valence-electron chi connectivity index (χ0n) is 10.8. The third-order valence-electron chi connectivity index (χ3n) is 3.03. The van der Waals surface area contributed by atoms with Crippen molar-refractivity contribution in [3.8, 4) is 17.1 Å². The first kappa shape index (κ1) is 13.1. The van der Waals surface area contributed by atoms with Crippen molar-refractivity contribution in [3.05, 3.63) is 63.9 Å². The normalized spacial score (nSPS) is 10.7. The summed E-state index contributed by atoms with van der Waals surface area (Å²) in [5.41, 5.74) is 3.13. The Balaban J connectivity index is 2.20. The van der Waals surface area contributed by atoms with Gasteiger partial charge in [0.15, 0.2) is 10.6 Å². The number of aromatic amines is 1. The fourth-order valence-corrected chi connectivity index (χ4v) is 2.46. The van der Waals surface area contributed by atoms with E-state index < -0.39 is 0 Å². The summed E-state index contributed by atoms with van der Waals surface area (Å²) in [4.78, 5) is 0.